The molecule has 0 bridgehead atoms. The summed E-state index contributed by atoms with van der Waals surface area (Å²) in [5.74, 6) is -2.61. The Morgan fingerprint density at radius 3 is 2.50 bits per heavy atom. The van der Waals surface area contributed by atoms with Crippen LogP contribution in [0.4, 0.5) is 16.0 Å². The van der Waals surface area contributed by atoms with Crippen LogP contribution >= 0.6 is 0 Å². The van der Waals surface area contributed by atoms with Gasteiger partial charge in [0.15, 0.2) is 11.6 Å². The highest BCUT2D eigenvalue weighted by Crippen LogP contribution is 2.29. The van der Waals surface area contributed by atoms with Crippen molar-refractivity contribution in [2.45, 2.75) is 18.9 Å². The molecule has 3 aromatic rings. The summed E-state index contributed by atoms with van der Waals surface area (Å²) in [6.45, 7) is 0. The fourth-order valence-electron chi connectivity index (χ4n) is 3.69. The van der Waals surface area contributed by atoms with Gasteiger partial charge in [-0.25, -0.2) is 14.4 Å². The van der Waals surface area contributed by atoms with E-state index in [4.69, 9.17) is 16.9 Å². The Morgan fingerprint density at radius 1 is 1.20 bits per heavy atom. The Morgan fingerprint density at radius 2 is 1.87 bits per heavy atom. The second kappa shape index (κ2) is 7.43. The third-order valence-corrected chi connectivity index (χ3v) is 5.13. The van der Waals surface area contributed by atoms with Crippen molar-refractivity contribution >= 4 is 23.3 Å². The summed E-state index contributed by atoms with van der Waals surface area (Å²) in [5.41, 5.74) is 13.2. The first kappa shape index (κ1) is 19.3. The fourth-order valence-corrected chi connectivity index (χ4v) is 3.69. The van der Waals surface area contributed by atoms with Gasteiger partial charge in [0.1, 0.15) is 18.0 Å². The Balaban J connectivity index is 1.69. The van der Waals surface area contributed by atoms with E-state index in [9.17, 15) is 14.3 Å². The minimum atomic E-state index is -1.14. The number of hydrogen-bond donors (Lipinski definition) is 5. The van der Waals surface area contributed by atoms with Crippen LogP contribution in [0.1, 0.15) is 32.6 Å². The Hall–Kier alpha value is -4.01. The van der Waals surface area contributed by atoms with Gasteiger partial charge in [0.25, 0.3) is 5.91 Å². The first-order valence-corrected chi connectivity index (χ1v) is 9.20. The molecule has 0 aliphatic heterocycles. The Kier molecular flexibility index (Phi) is 4.78. The lowest BCUT2D eigenvalue weighted by Gasteiger charge is -2.18. The van der Waals surface area contributed by atoms with Crippen molar-refractivity contribution in [3.8, 4) is 5.75 Å². The first-order valence-electron chi connectivity index (χ1n) is 9.20. The number of carbonyl (C=O) groups is 1. The summed E-state index contributed by atoms with van der Waals surface area (Å²) in [5, 5.41) is 21.7. The highest BCUT2D eigenvalue weighted by atomic mass is 19.1. The van der Waals surface area contributed by atoms with Gasteiger partial charge < -0.3 is 21.9 Å². The lowest BCUT2D eigenvalue weighted by atomic mass is 9.99. The van der Waals surface area contributed by atoms with E-state index in [0.29, 0.717) is 5.82 Å². The molecule has 0 saturated carbocycles. The predicted molar refractivity (Wildman–Crippen MR) is 110 cm³/mol. The van der Waals surface area contributed by atoms with Crippen LogP contribution in [0, 0.1) is 11.2 Å². The van der Waals surface area contributed by atoms with E-state index in [0.717, 1.165) is 25.0 Å². The average molecular weight is 406 g/mol. The highest BCUT2D eigenvalue weighted by Gasteiger charge is 2.25. The van der Waals surface area contributed by atoms with Crippen molar-refractivity contribution < 1.29 is 14.3 Å². The molecule has 30 heavy (non-hydrogen) atoms. The van der Waals surface area contributed by atoms with E-state index in [1.165, 1.54) is 17.5 Å². The zero-order chi connectivity index (χ0) is 21.4. The number of nitrogens with zero attached hydrogens (tertiary/aromatic N) is 2. The van der Waals surface area contributed by atoms with Crippen molar-refractivity contribution in [2.24, 2.45) is 5.73 Å². The van der Waals surface area contributed by atoms with Gasteiger partial charge in [-0.1, -0.05) is 24.3 Å². The average Bonchev–Trinajstić information content (AvgIpc) is 3.11. The molecule has 9 heteroatoms. The number of phenolic OH excluding ortho intramolecular Hbond substituents is 1. The number of fused-ring (bicyclic) bond motifs is 1. The van der Waals surface area contributed by atoms with Crippen molar-refractivity contribution in [1.82, 2.24) is 9.97 Å². The second-order valence-corrected chi connectivity index (χ2v) is 7.10. The summed E-state index contributed by atoms with van der Waals surface area (Å²) < 4.78 is 14.0. The van der Waals surface area contributed by atoms with Crippen LogP contribution in [0.3, 0.4) is 0 Å². The van der Waals surface area contributed by atoms with Gasteiger partial charge in [-0.15, -0.1) is 0 Å². The summed E-state index contributed by atoms with van der Waals surface area (Å²) in [6.07, 6.45) is 2.86. The highest BCUT2D eigenvalue weighted by molar-refractivity contribution is 6.17. The lowest BCUT2D eigenvalue weighted by Crippen LogP contribution is -2.23. The SMILES string of the molecule is N=C(c1cc(O)c(F)c(C(N)=O)c1)c1c(N)ncnc1NC1Cc2ccccc2C1. The molecule has 1 heterocycles. The summed E-state index contributed by atoms with van der Waals surface area (Å²) in [4.78, 5) is 19.7. The quantitative estimate of drug-likeness (QED) is 0.409. The normalized spacial score (nSPS) is 13.1. The van der Waals surface area contributed by atoms with E-state index in [2.05, 4.69) is 27.4 Å². The maximum absolute atomic E-state index is 14.0. The number of nitrogens with one attached hydrogen (secondary N) is 2. The number of amides is 1. The molecule has 0 spiro atoms. The number of halogens is 1. The minimum Gasteiger partial charge on any atom is -0.505 e. The molecule has 1 aliphatic carbocycles. The molecule has 0 saturated heterocycles. The largest absolute Gasteiger partial charge is 0.505 e. The van der Waals surface area contributed by atoms with Crippen LogP contribution in [-0.2, 0) is 12.8 Å². The number of aromatic nitrogens is 2. The molecule has 0 atom stereocenters. The van der Waals surface area contributed by atoms with E-state index in [-0.39, 0.29) is 28.7 Å². The van der Waals surface area contributed by atoms with E-state index >= 15 is 0 Å². The topological polar surface area (TPSA) is 151 Å². The number of anilines is 2. The molecule has 0 fully saturated rings. The summed E-state index contributed by atoms with van der Waals surface area (Å²) in [7, 11) is 0. The number of carbonyl (C=O) groups excluding carboxylic acids is 1. The van der Waals surface area contributed by atoms with Crippen LogP contribution < -0.4 is 16.8 Å². The summed E-state index contributed by atoms with van der Waals surface area (Å²) >= 11 is 0. The zero-order valence-electron chi connectivity index (χ0n) is 15.8. The van der Waals surface area contributed by atoms with Crippen LogP contribution in [0.5, 0.6) is 5.75 Å². The van der Waals surface area contributed by atoms with Crippen molar-refractivity contribution in [3.05, 3.63) is 76.4 Å². The number of nitrogen functional groups attached to an aromatic ring is 1. The van der Waals surface area contributed by atoms with Gasteiger partial charge in [0.05, 0.1) is 16.8 Å². The molecule has 152 valence electrons. The monoisotopic (exact) mass is 406 g/mol. The number of phenols is 1. The molecular weight excluding hydrogens is 387 g/mol. The predicted octanol–water partition coefficient (Wildman–Crippen LogP) is 2.00. The van der Waals surface area contributed by atoms with E-state index in [1.54, 1.807) is 0 Å². The number of nitrogens with two attached hydrogens (primary N) is 2. The van der Waals surface area contributed by atoms with E-state index < -0.39 is 23.0 Å². The zero-order valence-corrected chi connectivity index (χ0v) is 15.8. The number of hydrogen-bond acceptors (Lipinski definition) is 7. The standard InChI is InChI=1S/C21H19FN6O2/c22-17-14(20(25)30)7-12(8-15(17)29)18(23)16-19(24)26-9-27-21(16)28-13-5-10-3-1-2-4-11(10)6-13/h1-4,7-9,13,23,29H,5-6H2,(H2,25,30)(H3,24,26,27,28). The third kappa shape index (κ3) is 3.41. The number of benzene rings is 2. The summed E-state index contributed by atoms with van der Waals surface area (Å²) in [6, 6.07) is 10.3. The molecular formula is C21H19FN6O2. The first-order chi connectivity index (χ1) is 14.3. The fraction of sp³-hybridized carbons (Fsp3) is 0.143. The maximum Gasteiger partial charge on any atom is 0.251 e. The third-order valence-electron chi connectivity index (χ3n) is 5.13. The van der Waals surface area contributed by atoms with Crippen LogP contribution in [0.2, 0.25) is 0 Å². The van der Waals surface area contributed by atoms with Crippen molar-refractivity contribution in [3.63, 3.8) is 0 Å². The molecule has 1 aromatic heterocycles. The number of aromatic hydroxyl groups is 1. The minimum absolute atomic E-state index is 0.0393. The molecule has 2 aromatic carbocycles. The number of rotatable bonds is 5. The van der Waals surface area contributed by atoms with Gasteiger partial charge in [-0.2, -0.15) is 0 Å². The van der Waals surface area contributed by atoms with E-state index in [1.807, 2.05) is 12.1 Å². The van der Waals surface area contributed by atoms with Gasteiger partial charge in [-0.05, 0) is 36.1 Å². The molecule has 7 N–H and O–H groups in total. The van der Waals surface area contributed by atoms with Crippen molar-refractivity contribution in [2.75, 3.05) is 11.1 Å². The molecule has 1 amide bonds. The molecule has 4 rings (SSSR count). The molecule has 0 unspecified atom stereocenters. The molecule has 8 nitrogen and oxygen atoms in total. The van der Waals surface area contributed by atoms with Gasteiger partial charge in [0.2, 0.25) is 0 Å². The van der Waals surface area contributed by atoms with Crippen LogP contribution in [0.15, 0.2) is 42.7 Å². The Labute approximate surface area is 171 Å². The molecule has 1 aliphatic rings. The van der Waals surface area contributed by atoms with Gasteiger partial charge >= 0.3 is 0 Å². The Bertz CT molecular complexity index is 1160. The van der Waals surface area contributed by atoms with Crippen LogP contribution in [0.25, 0.3) is 0 Å². The van der Waals surface area contributed by atoms with Crippen molar-refractivity contribution in [1.29, 1.82) is 5.41 Å². The second-order valence-electron chi connectivity index (χ2n) is 7.10. The molecule has 0 radical (unpaired) electrons. The smallest absolute Gasteiger partial charge is 0.251 e. The van der Waals surface area contributed by atoms with Gasteiger partial charge in [0, 0.05) is 11.6 Å². The maximum atomic E-state index is 14.0. The van der Waals surface area contributed by atoms with Crippen LogP contribution in [-0.4, -0.2) is 32.7 Å². The van der Waals surface area contributed by atoms with Gasteiger partial charge in [-0.3, -0.25) is 10.2 Å². The number of primary amides is 1. The lowest BCUT2D eigenvalue weighted by molar-refractivity contribution is 0.0995.